The zero-order chi connectivity index (χ0) is 26.5. The minimum Gasteiger partial charge on any atom is -0.353 e. The number of nitrogens with one attached hydrogen (secondary N) is 3. The summed E-state index contributed by atoms with van der Waals surface area (Å²) in [4.78, 5) is 26.8. The van der Waals surface area contributed by atoms with Crippen molar-refractivity contribution in [3.8, 4) is 11.3 Å². The average molecular weight is 535 g/mol. The van der Waals surface area contributed by atoms with Gasteiger partial charge in [0.05, 0.1) is 27.0 Å². The van der Waals surface area contributed by atoms with Crippen molar-refractivity contribution in [1.29, 1.82) is 0 Å². The summed E-state index contributed by atoms with van der Waals surface area (Å²) in [5.74, 6) is 2.43. The molecular weight excluding hydrogens is 508 g/mol. The summed E-state index contributed by atoms with van der Waals surface area (Å²) in [6, 6.07) is 8.92. The standard InChI is InChI=1S/C25H26N8O2S2/c1-12-9-21(27-14(3)26-12)32-22-11-19(24-25(33-22)29-15(4)28-24)31-18-8-7-17(10-20(18)37(6,34)35)23-13(2)36-16(5)30-23/h7-11H,1-6H3,(H3,26,27,28,29,31,32,33). The fraction of sp³-hybridized carbons (Fsp3) is 0.240. The monoisotopic (exact) mass is 534 g/mol. The first kappa shape index (κ1) is 24.8. The van der Waals surface area contributed by atoms with Crippen LogP contribution in [-0.2, 0) is 9.84 Å². The Morgan fingerprint density at radius 1 is 0.838 bits per heavy atom. The van der Waals surface area contributed by atoms with Gasteiger partial charge in [-0.3, -0.25) is 0 Å². The Kier molecular flexibility index (Phi) is 6.16. The minimum absolute atomic E-state index is 0.174. The number of nitrogens with zero attached hydrogens (tertiary/aromatic N) is 5. The van der Waals surface area contributed by atoms with Gasteiger partial charge in [-0.15, -0.1) is 11.3 Å². The van der Waals surface area contributed by atoms with Crippen molar-refractivity contribution in [1.82, 2.24) is 29.9 Å². The molecule has 0 radical (unpaired) electrons. The quantitative estimate of drug-likeness (QED) is 0.265. The highest BCUT2D eigenvalue weighted by Crippen LogP contribution is 2.35. The Bertz CT molecular complexity index is 1750. The molecule has 0 aliphatic heterocycles. The first-order valence-electron chi connectivity index (χ1n) is 11.5. The van der Waals surface area contributed by atoms with E-state index in [9.17, 15) is 8.42 Å². The number of hydrogen-bond donors (Lipinski definition) is 3. The van der Waals surface area contributed by atoms with E-state index >= 15 is 0 Å². The second kappa shape index (κ2) is 9.20. The van der Waals surface area contributed by atoms with Crippen LogP contribution in [0.15, 0.2) is 35.2 Å². The maximum absolute atomic E-state index is 12.8. The maximum atomic E-state index is 12.8. The molecule has 3 N–H and O–H groups in total. The van der Waals surface area contributed by atoms with E-state index in [1.807, 2.05) is 46.8 Å². The molecule has 0 saturated heterocycles. The summed E-state index contributed by atoms with van der Waals surface area (Å²) in [7, 11) is -3.57. The molecule has 0 aliphatic carbocycles. The van der Waals surface area contributed by atoms with Gasteiger partial charge in [0.25, 0.3) is 0 Å². The van der Waals surface area contributed by atoms with Gasteiger partial charge in [-0.1, -0.05) is 6.07 Å². The molecule has 0 spiro atoms. The van der Waals surface area contributed by atoms with E-state index in [-0.39, 0.29) is 4.90 Å². The van der Waals surface area contributed by atoms with Crippen molar-refractivity contribution in [3.63, 3.8) is 0 Å². The second-order valence-electron chi connectivity index (χ2n) is 8.89. The topological polar surface area (TPSA) is 138 Å². The van der Waals surface area contributed by atoms with Crippen LogP contribution in [0.3, 0.4) is 0 Å². The van der Waals surface area contributed by atoms with Crippen LogP contribution in [-0.4, -0.2) is 44.6 Å². The number of benzene rings is 1. The molecule has 0 saturated carbocycles. The molecule has 4 aromatic heterocycles. The molecule has 0 fully saturated rings. The lowest BCUT2D eigenvalue weighted by molar-refractivity contribution is 0.602. The van der Waals surface area contributed by atoms with Gasteiger partial charge in [0.15, 0.2) is 15.5 Å². The van der Waals surface area contributed by atoms with Gasteiger partial charge in [-0.25, -0.2) is 33.3 Å². The highest BCUT2D eigenvalue weighted by atomic mass is 32.2. The van der Waals surface area contributed by atoms with Crippen molar-refractivity contribution in [3.05, 3.63) is 57.6 Å². The number of aromatic nitrogens is 6. The van der Waals surface area contributed by atoms with Gasteiger partial charge in [0.2, 0.25) is 0 Å². The average Bonchev–Trinajstić information content (AvgIpc) is 3.33. The van der Waals surface area contributed by atoms with Crippen LogP contribution in [0.25, 0.3) is 22.4 Å². The molecule has 0 aliphatic rings. The third kappa shape index (κ3) is 5.16. The SMILES string of the molecule is Cc1cc(Nc2cc(Nc3ccc(-c4nc(C)sc4C)cc3S(C)(=O)=O)c3[nH]c(C)nc3n2)nc(C)n1. The van der Waals surface area contributed by atoms with Crippen molar-refractivity contribution in [2.24, 2.45) is 0 Å². The summed E-state index contributed by atoms with van der Waals surface area (Å²) in [5, 5.41) is 7.45. The Balaban J connectivity index is 1.60. The van der Waals surface area contributed by atoms with E-state index in [4.69, 9.17) is 0 Å². The number of hydrogen-bond acceptors (Lipinski definition) is 10. The van der Waals surface area contributed by atoms with Crippen molar-refractivity contribution in [2.75, 3.05) is 16.9 Å². The summed E-state index contributed by atoms with van der Waals surface area (Å²) in [6.45, 7) is 9.47. The summed E-state index contributed by atoms with van der Waals surface area (Å²) >= 11 is 1.58. The minimum atomic E-state index is -3.57. The number of aryl methyl sites for hydroxylation is 5. The fourth-order valence-electron chi connectivity index (χ4n) is 4.20. The van der Waals surface area contributed by atoms with E-state index in [0.717, 1.165) is 26.8 Å². The van der Waals surface area contributed by atoms with Crippen LogP contribution in [0, 0.1) is 34.6 Å². The third-order valence-corrected chi connectivity index (χ3v) is 7.65. The van der Waals surface area contributed by atoms with Crippen LogP contribution in [0.1, 0.15) is 27.2 Å². The van der Waals surface area contributed by atoms with Crippen LogP contribution >= 0.6 is 11.3 Å². The van der Waals surface area contributed by atoms with E-state index in [2.05, 4.69) is 40.5 Å². The number of pyridine rings is 1. The highest BCUT2D eigenvalue weighted by Gasteiger charge is 2.19. The first-order chi connectivity index (χ1) is 17.5. The molecule has 5 rings (SSSR count). The number of H-pyrrole nitrogens is 1. The van der Waals surface area contributed by atoms with Gasteiger partial charge in [0, 0.05) is 34.5 Å². The van der Waals surface area contributed by atoms with Crippen LogP contribution < -0.4 is 10.6 Å². The van der Waals surface area contributed by atoms with E-state index in [1.54, 1.807) is 29.5 Å². The molecule has 5 aromatic rings. The van der Waals surface area contributed by atoms with Crippen LogP contribution in [0.2, 0.25) is 0 Å². The third-order valence-electron chi connectivity index (χ3n) is 5.63. The Morgan fingerprint density at radius 3 is 2.27 bits per heavy atom. The summed E-state index contributed by atoms with van der Waals surface area (Å²) < 4.78 is 25.7. The van der Waals surface area contributed by atoms with Crippen LogP contribution in [0.4, 0.5) is 23.0 Å². The molecule has 0 bridgehead atoms. The number of fused-ring (bicyclic) bond motifs is 1. The number of anilines is 4. The lowest BCUT2D eigenvalue weighted by Gasteiger charge is -2.14. The largest absolute Gasteiger partial charge is 0.353 e. The van der Waals surface area contributed by atoms with Gasteiger partial charge in [-0.05, 0) is 46.8 Å². The van der Waals surface area contributed by atoms with Crippen molar-refractivity contribution < 1.29 is 8.42 Å². The smallest absolute Gasteiger partial charge is 0.181 e. The first-order valence-corrected chi connectivity index (χ1v) is 14.2. The van der Waals surface area contributed by atoms with Crippen LogP contribution in [0.5, 0.6) is 0 Å². The predicted molar refractivity (Wildman–Crippen MR) is 147 cm³/mol. The molecule has 37 heavy (non-hydrogen) atoms. The molecule has 0 atom stereocenters. The van der Waals surface area contributed by atoms with Gasteiger partial charge in [-0.2, -0.15) is 0 Å². The summed E-state index contributed by atoms with van der Waals surface area (Å²) in [6.07, 6.45) is 1.20. The molecule has 1 aromatic carbocycles. The van der Waals surface area contributed by atoms with Crippen molar-refractivity contribution >= 4 is 55.3 Å². The summed E-state index contributed by atoms with van der Waals surface area (Å²) in [5.41, 5.74) is 4.57. The van der Waals surface area contributed by atoms with Gasteiger partial charge < -0.3 is 15.6 Å². The molecule has 0 unspecified atom stereocenters. The van der Waals surface area contributed by atoms with E-state index < -0.39 is 9.84 Å². The van der Waals surface area contributed by atoms with E-state index in [0.29, 0.717) is 45.8 Å². The molecular formula is C25H26N8O2S2. The zero-order valence-corrected chi connectivity index (χ0v) is 22.9. The molecule has 12 heteroatoms. The molecule has 4 heterocycles. The zero-order valence-electron chi connectivity index (χ0n) is 21.3. The second-order valence-corrected chi connectivity index (χ2v) is 12.3. The number of thiazole rings is 1. The van der Waals surface area contributed by atoms with E-state index in [1.165, 1.54) is 6.26 Å². The van der Waals surface area contributed by atoms with Crippen molar-refractivity contribution in [2.45, 2.75) is 39.5 Å². The Labute approximate surface area is 218 Å². The lowest BCUT2D eigenvalue weighted by Crippen LogP contribution is -2.05. The van der Waals surface area contributed by atoms with Gasteiger partial charge >= 0.3 is 0 Å². The highest BCUT2D eigenvalue weighted by molar-refractivity contribution is 7.90. The number of aromatic amines is 1. The normalized spacial score (nSPS) is 11.7. The predicted octanol–water partition coefficient (Wildman–Crippen LogP) is 5.30. The molecule has 190 valence electrons. The molecule has 0 amide bonds. The number of imidazole rings is 1. The molecule has 10 nitrogen and oxygen atoms in total. The Hall–Kier alpha value is -3.90. The number of rotatable bonds is 6. The lowest BCUT2D eigenvalue weighted by atomic mass is 10.1. The number of sulfone groups is 1. The fourth-order valence-corrected chi connectivity index (χ4v) is 5.90. The Morgan fingerprint density at radius 2 is 1.59 bits per heavy atom. The van der Waals surface area contributed by atoms with Gasteiger partial charge in [0.1, 0.15) is 28.8 Å². The maximum Gasteiger partial charge on any atom is 0.181 e.